The van der Waals surface area contributed by atoms with Crippen LogP contribution in [0, 0.1) is 5.92 Å². The van der Waals surface area contributed by atoms with E-state index in [1.807, 2.05) is 0 Å². The van der Waals surface area contributed by atoms with E-state index in [9.17, 15) is 4.79 Å². The first-order chi connectivity index (χ1) is 3.22. The molecular weight excluding hydrogens is 112 g/mol. The van der Waals surface area contributed by atoms with Crippen LogP contribution in [0.2, 0.25) is 0 Å². The lowest BCUT2D eigenvalue weighted by Crippen LogP contribution is -1.93. The third-order valence-corrected chi connectivity index (χ3v) is 1.72. The summed E-state index contributed by atoms with van der Waals surface area (Å²) in [6, 6.07) is 0. The molecular formula is C5H7ClO. The molecule has 7 heavy (non-hydrogen) atoms. The van der Waals surface area contributed by atoms with Crippen LogP contribution in [0.25, 0.3) is 0 Å². The number of alkyl halides is 1. The van der Waals surface area contributed by atoms with Gasteiger partial charge < -0.3 is 0 Å². The molecule has 0 aromatic carbocycles. The van der Waals surface area contributed by atoms with Crippen LogP contribution in [0.1, 0.15) is 13.3 Å². The van der Waals surface area contributed by atoms with E-state index in [0.717, 1.165) is 6.42 Å². The lowest BCUT2D eigenvalue weighted by molar-refractivity contribution is -0.118. The van der Waals surface area contributed by atoms with E-state index in [2.05, 4.69) is 0 Å². The van der Waals surface area contributed by atoms with E-state index in [0.29, 0.717) is 0 Å². The second-order valence-corrected chi connectivity index (χ2v) is 2.53. The number of ketones is 1. The second-order valence-electron chi connectivity index (χ2n) is 1.97. The second kappa shape index (κ2) is 1.48. The monoisotopic (exact) mass is 118 g/mol. The number of halogens is 1. The van der Waals surface area contributed by atoms with Crippen LogP contribution in [-0.4, -0.2) is 11.2 Å². The minimum atomic E-state index is 0.164. The number of Topliss-reactive ketones (excluding diaryl/α,β-unsaturated/α-hetero) is 1. The Morgan fingerprint density at radius 3 is 2.29 bits per heavy atom. The van der Waals surface area contributed by atoms with Gasteiger partial charge in [0.2, 0.25) is 0 Å². The molecule has 0 aromatic rings. The lowest BCUT2D eigenvalue weighted by atomic mass is 10.3. The first kappa shape index (κ1) is 5.10. The van der Waals surface area contributed by atoms with Crippen molar-refractivity contribution in [2.45, 2.75) is 18.7 Å². The Labute approximate surface area is 47.7 Å². The third-order valence-electron chi connectivity index (χ3n) is 1.23. The van der Waals surface area contributed by atoms with E-state index in [4.69, 9.17) is 11.6 Å². The molecule has 0 N–H and O–H groups in total. The zero-order valence-corrected chi connectivity index (χ0v) is 4.90. The Morgan fingerprint density at radius 1 is 1.86 bits per heavy atom. The Bertz CT molecular complexity index is 100. The maximum atomic E-state index is 10.3. The number of hydrogen-bond acceptors (Lipinski definition) is 1. The van der Waals surface area contributed by atoms with Crippen molar-refractivity contribution in [1.82, 2.24) is 0 Å². The van der Waals surface area contributed by atoms with E-state index < -0.39 is 0 Å². The van der Waals surface area contributed by atoms with Gasteiger partial charge in [-0.2, -0.15) is 0 Å². The maximum Gasteiger partial charge on any atom is 0.134 e. The Hall–Kier alpha value is -0.0400. The van der Waals surface area contributed by atoms with Gasteiger partial charge in [0.25, 0.3) is 0 Å². The van der Waals surface area contributed by atoms with Gasteiger partial charge in [-0.25, -0.2) is 0 Å². The van der Waals surface area contributed by atoms with Gasteiger partial charge in [0.05, 0.1) is 0 Å². The molecule has 2 atom stereocenters. The molecule has 0 spiro atoms. The molecule has 1 fully saturated rings. The summed E-state index contributed by atoms with van der Waals surface area (Å²) < 4.78 is 0. The quantitative estimate of drug-likeness (QED) is 0.473. The molecule has 40 valence electrons. The third kappa shape index (κ3) is 0.942. The summed E-state index contributed by atoms with van der Waals surface area (Å²) in [5.41, 5.74) is 0. The molecule has 0 aromatic heterocycles. The molecule has 2 heteroatoms. The van der Waals surface area contributed by atoms with E-state index in [-0.39, 0.29) is 17.1 Å². The van der Waals surface area contributed by atoms with Crippen LogP contribution in [0.4, 0.5) is 0 Å². The van der Waals surface area contributed by atoms with E-state index >= 15 is 0 Å². The van der Waals surface area contributed by atoms with Crippen LogP contribution < -0.4 is 0 Å². The highest BCUT2D eigenvalue weighted by atomic mass is 35.5. The van der Waals surface area contributed by atoms with Crippen LogP contribution in [0.15, 0.2) is 0 Å². The van der Waals surface area contributed by atoms with Crippen molar-refractivity contribution in [3.63, 3.8) is 0 Å². The molecule has 1 nitrogen and oxygen atoms in total. The number of hydrogen-bond donors (Lipinski definition) is 0. The smallest absolute Gasteiger partial charge is 0.134 e. The summed E-state index contributed by atoms with van der Waals surface area (Å²) in [4.78, 5) is 10.3. The van der Waals surface area contributed by atoms with Gasteiger partial charge in [0.1, 0.15) is 5.78 Å². The van der Waals surface area contributed by atoms with E-state index in [1.165, 1.54) is 0 Å². The summed E-state index contributed by atoms with van der Waals surface area (Å²) in [6.45, 7) is 1.59. The molecule has 0 aliphatic heterocycles. The Kier molecular flexibility index (Phi) is 1.08. The zero-order chi connectivity index (χ0) is 5.44. The fourth-order valence-corrected chi connectivity index (χ4v) is 0.954. The summed E-state index contributed by atoms with van der Waals surface area (Å²) in [5.74, 6) is 0.432. The summed E-state index contributed by atoms with van der Waals surface area (Å²) in [7, 11) is 0. The number of rotatable bonds is 1. The molecule has 1 aliphatic rings. The fraction of sp³-hybridized carbons (Fsp3) is 0.800. The van der Waals surface area contributed by atoms with Crippen molar-refractivity contribution < 1.29 is 4.79 Å². The van der Waals surface area contributed by atoms with E-state index in [1.54, 1.807) is 6.92 Å². The van der Waals surface area contributed by atoms with Crippen LogP contribution in [0.5, 0.6) is 0 Å². The molecule has 1 saturated carbocycles. The largest absolute Gasteiger partial charge is 0.300 e. The normalized spacial score (nSPS) is 38.0. The summed E-state index contributed by atoms with van der Waals surface area (Å²) >= 11 is 5.53. The van der Waals surface area contributed by atoms with Crippen molar-refractivity contribution in [3.8, 4) is 0 Å². The molecule has 0 saturated heterocycles. The number of carbonyl (C=O) groups excluding carboxylic acids is 1. The summed E-state index contributed by atoms with van der Waals surface area (Å²) in [5, 5.41) is 0.164. The van der Waals surface area contributed by atoms with Crippen molar-refractivity contribution >= 4 is 17.4 Å². The zero-order valence-electron chi connectivity index (χ0n) is 4.15. The highest BCUT2D eigenvalue weighted by Crippen LogP contribution is 2.36. The van der Waals surface area contributed by atoms with Gasteiger partial charge >= 0.3 is 0 Å². The van der Waals surface area contributed by atoms with Crippen LogP contribution in [0.3, 0.4) is 0 Å². The predicted molar refractivity (Wildman–Crippen MR) is 28.4 cm³/mol. The first-order valence-electron chi connectivity index (χ1n) is 2.36. The SMILES string of the molecule is CC(=O)[C@@H]1C[C@H]1Cl. The fourth-order valence-electron chi connectivity index (χ4n) is 0.585. The summed E-state index contributed by atoms with van der Waals surface area (Å²) in [6.07, 6.45) is 0.900. The average molecular weight is 119 g/mol. The number of carbonyl (C=O) groups is 1. The highest BCUT2D eigenvalue weighted by Gasteiger charge is 2.38. The Balaban J connectivity index is 2.33. The van der Waals surface area contributed by atoms with Crippen molar-refractivity contribution in [2.24, 2.45) is 5.92 Å². The lowest BCUT2D eigenvalue weighted by Gasteiger charge is -1.79. The minimum Gasteiger partial charge on any atom is -0.300 e. The maximum absolute atomic E-state index is 10.3. The molecule has 0 radical (unpaired) electrons. The van der Waals surface area contributed by atoms with Gasteiger partial charge in [0, 0.05) is 11.3 Å². The van der Waals surface area contributed by atoms with Gasteiger partial charge in [-0.3, -0.25) is 4.79 Å². The topological polar surface area (TPSA) is 17.1 Å². The molecule has 1 aliphatic carbocycles. The van der Waals surface area contributed by atoms with Crippen LogP contribution >= 0.6 is 11.6 Å². The first-order valence-corrected chi connectivity index (χ1v) is 2.80. The van der Waals surface area contributed by atoms with Gasteiger partial charge in [-0.1, -0.05) is 0 Å². The minimum absolute atomic E-state index is 0.164. The highest BCUT2D eigenvalue weighted by molar-refractivity contribution is 6.24. The molecule has 0 amide bonds. The van der Waals surface area contributed by atoms with Gasteiger partial charge in [-0.05, 0) is 13.3 Å². The van der Waals surface area contributed by atoms with Gasteiger partial charge in [-0.15, -0.1) is 11.6 Å². The Morgan fingerprint density at radius 2 is 2.29 bits per heavy atom. The van der Waals surface area contributed by atoms with Crippen molar-refractivity contribution in [3.05, 3.63) is 0 Å². The standard InChI is InChI=1S/C5H7ClO/c1-3(7)4-2-5(4)6/h4-5H,2H2,1H3/t4-,5+/m0/s1. The molecule has 0 heterocycles. The molecule has 1 rings (SSSR count). The predicted octanol–water partition coefficient (Wildman–Crippen LogP) is 1.20. The van der Waals surface area contributed by atoms with Gasteiger partial charge in [0.15, 0.2) is 0 Å². The molecule has 0 unspecified atom stereocenters. The molecule has 0 bridgehead atoms. The average Bonchev–Trinajstić information content (AvgIpc) is 2.17. The van der Waals surface area contributed by atoms with Crippen LogP contribution in [-0.2, 0) is 4.79 Å². The van der Waals surface area contributed by atoms with Crippen molar-refractivity contribution in [2.75, 3.05) is 0 Å². The van der Waals surface area contributed by atoms with Crippen molar-refractivity contribution in [1.29, 1.82) is 0 Å².